The highest BCUT2D eigenvalue weighted by atomic mass is 16.7. The molecule has 0 saturated heterocycles. The molecule has 4 aromatic rings. The van der Waals surface area contributed by atoms with Crippen molar-refractivity contribution in [2.75, 3.05) is 6.79 Å². The summed E-state index contributed by atoms with van der Waals surface area (Å²) in [5.41, 5.74) is 4.00. The number of carbonyl (C=O) groups excluding carboxylic acids is 1. The summed E-state index contributed by atoms with van der Waals surface area (Å²) in [4.78, 5) is 18.0. The molecule has 5 rings (SSSR count). The van der Waals surface area contributed by atoms with E-state index in [2.05, 4.69) is 5.32 Å². The maximum atomic E-state index is 13.2. The van der Waals surface area contributed by atoms with Gasteiger partial charge in [-0.25, -0.2) is 4.98 Å². The lowest BCUT2D eigenvalue weighted by Crippen LogP contribution is -2.27. The first kappa shape index (κ1) is 18.2. The normalized spacial score (nSPS) is 13.2. The van der Waals surface area contributed by atoms with Crippen LogP contribution in [0.1, 0.15) is 28.9 Å². The van der Waals surface area contributed by atoms with Crippen molar-refractivity contribution in [3.63, 3.8) is 0 Å². The molecule has 148 valence electrons. The first-order valence-electron chi connectivity index (χ1n) is 9.85. The number of pyridine rings is 1. The Morgan fingerprint density at radius 1 is 0.933 bits per heavy atom. The summed E-state index contributed by atoms with van der Waals surface area (Å²) in [6.45, 7) is 2.20. The first-order valence-corrected chi connectivity index (χ1v) is 9.85. The maximum absolute atomic E-state index is 13.2. The second-order valence-electron chi connectivity index (χ2n) is 7.25. The van der Waals surface area contributed by atoms with Crippen LogP contribution in [0.25, 0.3) is 22.2 Å². The third-order valence-corrected chi connectivity index (χ3v) is 5.28. The number of carbonyl (C=O) groups is 1. The summed E-state index contributed by atoms with van der Waals surface area (Å²) in [5.74, 6) is 1.27. The predicted molar refractivity (Wildman–Crippen MR) is 116 cm³/mol. The second-order valence-corrected chi connectivity index (χ2v) is 7.25. The molecular formula is C25H20N2O3. The van der Waals surface area contributed by atoms with Gasteiger partial charge in [-0.2, -0.15) is 0 Å². The van der Waals surface area contributed by atoms with E-state index in [1.165, 1.54) is 0 Å². The summed E-state index contributed by atoms with van der Waals surface area (Å²) < 4.78 is 10.9. The highest BCUT2D eigenvalue weighted by molar-refractivity contribution is 6.07. The van der Waals surface area contributed by atoms with Crippen LogP contribution in [-0.2, 0) is 0 Å². The molecule has 1 atom stereocenters. The second kappa shape index (κ2) is 7.52. The molecule has 5 heteroatoms. The molecular weight excluding hydrogens is 376 g/mol. The van der Waals surface area contributed by atoms with Crippen LogP contribution in [0.15, 0.2) is 78.9 Å². The SMILES string of the molecule is C[C@@H](NC(=O)c1cc(-c2ccc3c(c2)OCO3)nc2ccccc12)c1ccccc1. The van der Waals surface area contributed by atoms with Crippen molar-refractivity contribution >= 4 is 16.8 Å². The van der Waals surface area contributed by atoms with Gasteiger partial charge in [-0.05, 0) is 42.8 Å². The summed E-state index contributed by atoms with van der Waals surface area (Å²) in [5, 5.41) is 3.93. The Kier molecular flexibility index (Phi) is 4.56. The Morgan fingerprint density at radius 3 is 2.57 bits per heavy atom. The van der Waals surface area contributed by atoms with Gasteiger partial charge in [-0.1, -0.05) is 48.5 Å². The Balaban J connectivity index is 1.55. The number of benzene rings is 3. The van der Waals surface area contributed by atoms with Crippen LogP contribution in [0.2, 0.25) is 0 Å². The van der Waals surface area contributed by atoms with Crippen LogP contribution in [0.3, 0.4) is 0 Å². The van der Waals surface area contributed by atoms with Gasteiger partial charge in [0, 0.05) is 10.9 Å². The molecule has 1 aliphatic heterocycles. The molecule has 1 amide bonds. The zero-order valence-corrected chi connectivity index (χ0v) is 16.5. The molecule has 30 heavy (non-hydrogen) atoms. The van der Waals surface area contributed by atoms with Gasteiger partial charge < -0.3 is 14.8 Å². The van der Waals surface area contributed by atoms with Crippen LogP contribution < -0.4 is 14.8 Å². The molecule has 5 nitrogen and oxygen atoms in total. The number of hydrogen-bond acceptors (Lipinski definition) is 4. The topological polar surface area (TPSA) is 60.5 Å². The van der Waals surface area contributed by atoms with Crippen molar-refractivity contribution in [2.45, 2.75) is 13.0 Å². The molecule has 0 radical (unpaired) electrons. The zero-order chi connectivity index (χ0) is 20.5. The van der Waals surface area contributed by atoms with E-state index in [1.54, 1.807) is 0 Å². The minimum Gasteiger partial charge on any atom is -0.454 e. The fraction of sp³-hybridized carbons (Fsp3) is 0.120. The fourth-order valence-corrected chi connectivity index (χ4v) is 3.67. The molecule has 0 unspecified atom stereocenters. The van der Waals surface area contributed by atoms with Gasteiger partial charge in [-0.15, -0.1) is 0 Å². The number of fused-ring (bicyclic) bond motifs is 2. The number of para-hydroxylation sites is 1. The lowest BCUT2D eigenvalue weighted by molar-refractivity contribution is 0.0941. The van der Waals surface area contributed by atoms with E-state index >= 15 is 0 Å². The van der Waals surface area contributed by atoms with Crippen molar-refractivity contribution in [1.82, 2.24) is 10.3 Å². The van der Waals surface area contributed by atoms with Gasteiger partial charge in [-0.3, -0.25) is 4.79 Å². The van der Waals surface area contributed by atoms with E-state index in [0.29, 0.717) is 22.8 Å². The average Bonchev–Trinajstić information content (AvgIpc) is 3.26. The quantitative estimate of drug-likeness (QED) is 0.520. The smallest absolute Gasteiger partial charge is 0.252 e. The number of amides is 1. The number of aromatic nitrogens is 1. The van der Waals surface area contributed by atoms with Crippen LogP contribution in [-0.4, -0.2) is 17.7 Å². The monoisotopic (exact) mass is 396 g/mol. The van der Waals surface area contributed by atoms with Crippen LogP contribution in [0.4, 0.5) is 0 Å². The lowest BCUT2D eigenvalue weighted by atomic mass is 10.0. The standard InChI is InChI=1S/C25H20N2O3/c1-16(17-7-3-2-4-8-17)26-25(28)20-14-22(27-21-10-6-5-9-19(20)21)18-11-12-23-24(13-18)30-15-29-23/h2-14,16H,15H2,1H3,(H,26,28)/t16-/m1/s1. The molecule has 1 aliphatic rings. The Bertz CT molecular complexity index is 1240. The molecule has 0 aliphatic carbocycles. The number of rotatable bonds is 4. The number of ether oxygens (including phenoxy) is 2. The van der Waals surface area contributed by atoms with Crippen molar-refractivity contribution in [3.05, 3.63) is 90.0 Å². The predicted octanol–water partition coefficient (Wildman–Crippen LogP) is 5.12. The van der Waals surface area contributed by atoms with E-state index in [4.69, 9.17) is 14.5 Å². The molecule has 0 spiro atoms. The molecule has 0 saturated carbocycles. The Hall–Kier alpha value is -3.86. The van der Waals surface area contributed by atoms with Gasteiger partial charge in [0.25, 0.3) is 5.91 Å². The van der Waals surface area contributed by atoms with E-state index in [0.717, 1.165) is 22.0 Å². The summed E-state index contributed by atoms with van der Waals surface area (Å²) in [6, 6.07) is 25.0. The third-order valence-electron chi connectivity index (χ3n) is 5.28. The zero-order valence-electron chi connectivity index (χ0n) is 16.5. The van der Waals surface area contributed by atoms with Crippen molar-refractivity contribution in [1.29, 1.82) is 0 Å². The Morgan fingerprint density at radius 2 is 1.70 bits per heavy atom. The van der Waals surface area contributed by atoms with Crippen molar-refractivity contribution in [2.24, 2.45) is 0 Å². The molecule has 0 fully saturated rings. The van der Waals surface area contributed by atoms with Gasteiger partial charge in [0.15, 0.2) is 11.5 Å². The van der Waals surface area contributed by atoms with Gasteiger partial charge >= 0.3 is 0 Å². The van der Waals surface area contributed by atoms with E-state index < -0.39 is 0 Å². The van der Waals surface area contributed by atoms with E-state index in [-0.39, 0.29) is 18.7 Å². The van der Waals surface area contributed by atoms with E-state index in [9.17, 15) is 4.79 Å². The highest BCUT2D eigenvalue weighted by Gasteiger charge is 2.18. The lowest BCUT2D eigenvalue weighted by Gasteiger charge is -2.16. The molecule has 1 N–H and O–H groups in total. The summed E-state index contributed by atoms with van der Waals surface area (Å²) in [6.07, 6.45) is 0. The van der Waals surface area contributed by atoms with E-state index in [1.807, 2.05) is 85.8 Å². The first-order chi connectivity index (χ1) is 14.7. The number of hydrogen-bond donors (Lipinski definition) is 1. The van der Waals surface area contributed by atoms with Crippen LogP contribution >= 0.6 is 0 Å². The summed E-state index contributed by atoms with van der Waals surface area (Å²) in [7, 11) is 0. The van der Waals surface area contributed by atoms with Crippen LogP contribution in [0, 0.1) is 0 Å². The third kappa shape index (κ3) is 3.35. The Labute approximate surface area is 174 Å². The van der Waals surface area contributed by atoms with Gasteiger partial charge in [0.05, 0.1) is 22.8 Å². The van der Waals surface area contributed by atoms with Crippen molar-refractivity contribution < 1.29 is 14.3 Å². The minimum atomic E-state index is -0.132. The van der Waals surface area contributed by atoms with Crippen molar-refractivity contribution in [3.8, 4) is 22.8 Å². The molecule has 3 aromatic carbocycles. The molecule has 0 bridgehead atoms. The average molecular weight is 396 g/mol. The van der Waals surface area contributed by atoms with Gasteiger partial charge in [0.1, 0.15) is 0 Å². The summed E-state index contributed by atoms with van der Waals surface area (Å²) >= 11 is 0. The minimum absolute atomic E-state index is 0.111. The molecule has 1 aromatic heterocycles. The molecule has 2 heterocycles. The van der Waals surface area contributed by atoms with Crippen LogP contribution in [0.5, 0.6) is 11.5 Å². The number of nitrogens with one attached hydrogen (secondary N) is 1. The highest BCUT2D eigenvalue weighted by Crippen LogP contribution is 2.36. The maximum Gasteiger partial charge on any atom is 0.252 e. The van der Waals surface area contributed by atoms with Gasteiger partial charge in [0.2, 0.25) is 6.79 Å². The fourth-order valence-electron chi connectivity index (χ4n) is 3.67. The largest absolute Gasteiger partial charge is 0.454 e. The number of nitrogens with zero attached hydrogens (tertiary/aromatic N) is 1.